The van der Waals surface area contributed by atoms with Crippen molar-refractivity contribution in [3.05, 3.63) is 48.0 Å². The van der Waals surface area contributed by atoms with E-state index in [1.54, 1.807) is 0 Å². The van der Waals surface area contributed by atoms with E-state index in [-0.39, 0.29) is 17.8 Å². The summed E-state index contributed by atoms with van der Waals surface area (Å²) in [5, 5.41) is 9.93. The van der Waals surface area contributed by atoms with Gasteiger partial charge in [-0.05, 0) is 105 Å². The minimum absolute atomic E-state index is 0.131. The number of unbranched alkanes of at least 4 members (excludes halogenated alkanes) is 4. The lowest BCUT2D eigenvalue weighted by Gasteiger charge is -2.37. The second kappa shape index (κ2) is 18.6. The number of nitrogens with two attached hydrogens (primary N) is 1. The highest BCUT2D eigenvalue weighted by molar-refractivity contribution is 5.67. The molecular formula is C35H59NO2. The maximum atomic E-state index is 12.1. The van der Waals surface area contributed by atoms with E-state index < -0.39 is 5.97 Å². The van der Waals surface area contributed by atoms with Crippen LogP contribution < -0.4 is 5.73 Å². The number of carbonyl (C=O) groups is 1. The van der Waals surface area contributed by atoms with Gasteiger partial charge < -0.3 is 10.8 Å². The summed E-state index contributed by atoms with van der Waals surface area (Å²) in [5.41, 5.74) is 7.69. The molecule has 0 radical (unpaired) electrons. The molecule has 0 heterocycles. The van der Waals surface area contributed by atoms with Crippen molar-refractivity contribution in [1.82, 2.24) is 0 Å². The molecule has 1 aromatic rings. The number of aliphatic carboxylic acids is 1. The minimum Gasteiger partial charge on any atom is -0.481 e. The van der Waals surface area contributed by atoms with Crippen LogP contribution in [0.15, 0.2) is 42.5 Å². The van der Waals surface area contributed by atoms with Crippen LogP contribution in [0.4, 0.5) is 0 Å². The van der Waals surface area contributed by atoms with E-state index in [4.69, 9.17) is 5.73 Å². The predicted molar refractivity (Wildman–Crippen MR) is 163 cm³/mol. The van der Waals surface area contributed by atoms with Crippen LogP contribution in [0.1, 0.15) is 135 Å². The van der Waals surface area contributed by atoms with Crippen molar-refractivity contribution in [2.75, 3.05) is 6.54 Å². The van der Waals surface area contributed by atoms with E-state index in [1.165, 1.54) is 82.6 Å². The van der Waals surface area contributed by atoms with E-state index in [0.717, 1.165) is 31.6 Å². The first-order chi connectivity index (χ1) is 18.4. The summed E-state index contributed by atoms with van der Waals surface area (Å²) < 4.78 is 0. The van der Waals surface area contributed by atoms with E-state index >= 15 is 0 Å². The van der Waals surface area contributed by atoms with Crippen LogP contribution in [0.25, 0.3) is 0 Å². The summed E-state index contributed by atoms with van der Waals surface area (Å²) in [5.74, 6) is 1.33. The van der Waals surface area contributed by atoms with Gasteiger partial charge in [-0.15, -0.1) is 0 Å². The number of hydrogen-bond acceptors (Lipinski definition) is 2. The standard InChI is InChI=1S/C35H59NO2/c1-4-5-6-7-8-9-11-16-30(20-19-29(2)3)21-22-31(23-26-36)32(27-34(37)38)28-35(24-14-15-25-35)33-17-12-10-13-18-33/h9-13,17-18,29-32H,4-8,14-16,19-28,36H2,1-3H3,(H,37,38). The van der Waals surface area contributed by atoms with Crippen LogP contribution >= 0.6 is 0 Å². The van der Waals surface area contributed by atoms with Crippen molar-refractivity contribution in [1.29, 1.82) is 0 Å². The fourth-order valence-corrected chi connectivity index (χ4v) is 6.91. The van der Waals surface area contributed by atoms with Crippen LogP contribution in [0.3, 0.4) is 0 Å². The molecule has 0 amide bonds. The van der Waals surface area contributed by atoms with Gasteiger partial charge in [0, 0.05) is 6.42 Å². The zero-order valence-corrected chi connectivity index (χ0v) is 25.0. The van der Waals surface area contributed by atoms with Gasteiger partial charge in [-0.1, -0.05) is 102 Å². The van der Waals surface area contributed by atoms with Crippen molar-refractivity contribution in [3.8, 4) is 0 Å². The van der Waals surface area contributed by atoms with Crippen LogP contribution in [0.5, 0.6) is 0 Å². The fourth-order valence-electron chi connectivity index (χ4n) is 6.91. The number of carboxylic acid groups (broad SMARTS) is 1. The zero-order valence-electron chi connectivity index (χ0n) is 25.0. The van der Waals surface area contributed by atoms with Gasteiger partial charge in [-0.25, -0.2) is 0 Å². The Morgan fingerprint density at radius 1 is 0.947 bits per heavy atom. The third kappa shape index (κ3) is 12.1. The van der Waals surface area contributed by atoms with Crippen molar-refractivity contribution in [3.63, 3.8) is 0 Å². The molecule has 0 bridgehead atoms. The molecule has 216 valence electrons. The largest absolute Gasteiger partial charge is 0.481 e. The Bertz CT molecular complexity index is 765. The number of benzene rings is 1. The maximum absolute atomic E-state index is 12.1. The molecule has 1 aliphatic carbocycles. The zero-order chi connectivity index (χ0) is 27.6. The van der Waals surface area contributed by atoms with Crippen molar-refractivity contribution in [2.24, 2.45) is 29.4 Å². The lowest BCUT2D eigenvalue weighted by Crippen LogP contribution is -2.31. The van der Waals surface area contributed by atoms with Gasteiger partial charge in [0.05, 0.1) is 0 Å². The normalized spacial score (nSPS) is 17.7. The molecule has 1 saturated carbocycles. The lowest BCUT2D eigenvalue weighted by molar-refractivity contribution is -0.138. The van der Waals surface area contributed by atoms with Crippen LogP contribution in [-0.4, -0.2) is 17.6 Å². The lowest BCUT2D eigenvalue weighted by atomic mass is 9.67. The third-order valence-corrected chi connectivity index (χ3v) is 9.20. The predicted octanol–water partition coefficient (Wildman–Crippen LogP) is 9.69. The smallest absolute Gasteiger partial charge is 0.303 e. The van der Waals surface area contributed by atoms with E-state index in [9.17, 15) is 9.90 Å². The van der Waals surface area contributed by atoms with Crippen molar-refractivity contribution < 1.29 is 9.90 Å². The Morgan fingerprint density at radius 2 is 1.66 bits per heavy atom. The summed E-state index contributed by atoms with van der Waals surface area (Å²) in [6.45, 7) is 7.56. The Hall–Kier alpha value is -1.61. The molecule has 0 spiro atoms. The van der Waals surface area contributed by atoms with Crippen molar-refractivity contribution >= 4 is 5.97 Å². The quantitative estimate of drug-likeness (QED) is 0.124. The molecule has 0 saturated heterocycles. The minimum atomic E-state index is -0.652. The van der Waals surface area contributed by atoms with Crippen LogP contribution in [-0.2, 0) is 10.2 Å². The highest BCUT2D eigenvalue weighted by Crippen LogP contribution is 2.48. The highest BCUT2D eigenvalue weighted by atomic mass is 16.4. The van der Waals surface area contributed by atoms with Gasteiger partial charge in [-0.2, -0.15) is 0 Å². The fraction of sp³-hybridized carbons (Fsp3) is 0.743. The molecule has 3 heteroatoms. The molecule has 3 atom stereocenters. The first-order valence-electron chi connectivity index (χ1n) is 16.0. The van der Waals surface area contributed by atoms with Crippen LogP contribution in [0, 0.1) is 23.7 Å². The van der Waals surface area contributed by atoms with Gasteiger partial charge in [0.25, 0.3) is 0 Å². The molecule has 0 aromatic heterocycles. The topological polar surface area (TPSA) is 63.3 Å². The summed E-state index contributed by atoms with van der Waals surface area (Å²) >= 11 is 0. The van der Waals surface area contributed by atoms with E-state index in [1.807, 2.05) is 0 Å². The van der Waals surface area contributed by atoms with Gasteiger partial charge >= 0.3 is 5.97 Å². The number of rotatable bonds is 21. The van der Waals surface area contributed by atoms with Gasteiger partial charge in [0.2, 0.25) is 0 Å². The number of carboxylic acids is 1. The molecule has 0 aliphatic heterocycles. The average Bonchev–Trinajstić information content (AvgIpc) is 3.38. The maximum Gasteiger partial charge on any atom is 0.303 e. The molecule has 1 aromatic carbocycles. The van der Waals surface area contributed by atoms with Crippen LogP contribution in [0.2, 0.25) is 0 Å². The SMILES string of the molecule is CCCCCCC=CCC(CCC(C)C)CCC(CCN)C(CC(=O)O)CC1(c2ccccc2)CCCC1. The van der Waals surface area contributed by atoms with Gasteiger partial charge in [-0.3, -0.25) is 4.79 Å². The first-order valence-corrected chi connectivity index (χ1v) is 16.0. The summed E-state index contributed by atoms with van der Waals surface area (Å²) in [6, 6.07) is 10.9. The van der Waals surface area contributed by atoms with Gasteiger partial charge in [0.1, 0.15) is 0 Å². The molecule has 38 heavy (non-hydrogen) atoms. The molecule has 1 fully saturated rings. The summed E-state index contributed by atoms with van der Waals surface area (Å²) in [6.07, 6.45) is 24.4. The number of allylic oxidation sites excluding steroid dienone is 2. The average molecular weight is 526 g/mol. The Morgan fingerprint density at radius 3 is 2.29 bits per heavy atom. The van der Waals surface area contributed by atoms with Gasteiger partial charge in [0.15, 0.2) is 0 Å². The molecular weight excluding hydrogens is 466 g/mol. The molecule has 2 rings (SSSR count). The highest BCUT2D eigenvalue weighted by Gasteiger charge is 2.40. The second-order valence-corrected chi connectivity index (χ2v) is 12.7. The first kappa shape index (κ1) is 32.6. The second-order valence-electron chi connectivity index (χ2n) is 12.7. The molecule has 1 aliphatic rings. The molecule has 3 unspecified atom stereocenters. The Kier molecular flexibility index (Phi) is 16.0. The third-order valence-electron chi connectivity index (χ3n) is 9.20. The van der Waals surface area contributed by atoms with Crippen molar-refractivity contribution in [2.45, 2.75) is 135 Å². The molecule has 3 N–H and O–H groups in total. The molecule has 3 nitrogen and oxygen atoms in total. The Labute approximate surface area is 235 Å². The number of hydrogen-bond donors (Lipinski definition) is 2. The Balaban J connectivity index is 2.10. The summed E-state index contributed by atoms with van der Waals surface area (Å²) in [7, 11) is 0. The monoisotopic (exact) mass is 525 g/mol. The van der Waals surface area contributed by atoms with E-state index in [2.05, 4.69) is 63.3 Å². The van der Waals surface area contributed by atoms with E-state index in [0.29, 0.717) is 18.4 Å². The summed E-state index contributed by atoms with van der Waals surface area (Å²) in [4.78, 5) is 12.1.